The number of rotatable bonds is 7. The van der Waals surface area contributed by atoms with Crippen molar-refractivity contribution in [2.24, 2.45) is 0 Å². The Morgan fingerprint density at radius 2 is 1.33 bits per heavy atom. The first-order valence-electron chi connectivity index (χ1n) is 11.8. The maximum atomic E-state index is 6.94. The van der Waals surface area contributed by atoms with Gasteiger partial charge in [-0.2, -0.15) is 0 Å². The maximum Gasteiger partial charge on any atom is 0.487 e. The third-order valence-electron chi connectivity index (χ3n) is 6.91. The SMILES string of the molecule is CC(/C=C\B1OC(C)(C)C(C)(C)O1)=C\CO[Si](c1ccccc1)(c1ccccc1)C(C)(C)C. The van der Waals surface area contributed by atoms with Crippen LogP contribution in [0.15, 0.2) is 84.4 Å². The van der Waals surface area contributed by atoms with Gasteiger partial charge in [0.25, 0.3) is 8.32 Å². The van der Waals surface area contributed by atoms with Gasteiger partial charge < -0.3 is 13.7 Å². The Bertz CT molecular complexity index is 920. The molecule has 0 spiro atoms. The lowest BCUT2D eigenvalue weighted by molar-refractivity contribution is 0.00578. The van der Waals surface area contributed by atoms with Gasteiger partial charge in [-0.05, 0) is 50.0 Å². The van der Waals surface area contributed by atoms with Crippen LogP contribution < -0.4 is 10.4 Å². The molecule has 3 nitrogen and oxygen atoms in total. The Labute approximate surface area is 202 Å². The van der Waals surface area contributed by atoms with E-state index < -0.39 is 8.32 Å². The Morgan fingerprint density at radius 1 is 0.879 bits per heavy atom. The summed E-state index contributed by atoms with van der Waals surface area (Å²) in [5.41, 5.74) is 0.473. The van der Waals surface area contributed by atoms with Crippen molar-refractivity contribution in [1.82, 2.24) is 0 Å². The van der Waals surface area contributed by atoms with Crippen LogP contribution >= 0.6 is 0 Å². The molecule has 0 radical (unpaired) electrons. The number of hydrogen-bond acceptors (Lipinski definition) is 3. The molecular formula is C28H39BO3Si. The minimum absolute atomic E-state index is 0.0318. The molecular weight excluding hydrogens is 423 g/mol. The lowest BCUT2D eigenvalue weighted by atomic mass is 9.89. The van der Waals surface area contributed by atoms with E-state index in [9.17, 15) is 0 Å². The first-order valence-corrected chi connectivity index (χ1v) is 13.8. The zero-order chi connectivity index (χ0) is 24.3. The molecule has 0 amide bonds. The molecule has 2 aromatic carbocycles. The topological polar surface area (TPSA) is 27.7 Å². The van der Waals surface area contributed by atoms with Crippen molar-refractivity contribution in [2.75, 3.05) is 6.61 Å². The second-order valence-electron chi connectivity index (χ2n) is 10.9. The maximum absolute atomic E-state index is 6.94. The molecule has 1 aliphatic heterocycles. The average Bonchev–Trinajstić information content (AvgIpc) is 2.96. The van der Waals surface area contributed by atoms with E-state index in [1.54, 1.807) is 0 Å². The van der Waals surface area contributed by atoms with Crippen LogP contribution in [0.25, 0.3) is 0 Å². The Morgan fingerprint density at radius 3 is 1.76 bits per heavy atom. The van der Waals surface area contributed by atoms with Crippen LogP contribution in [0.5, 0.6) is 0 Å². The summed E-state index contributed by atoms with van der Waals surface area (Å²) in [4.78, 5) is 0. The molecule has 0 atom stereocenters. The van der Waals surface area contributed by atoms with E-state index in [0.717, 1.165) is 5.57 Å². The quantitative estimate of drug-likeness (QED) is 0.391. The van der Waals surface area contributed by atoms with Gasteiger partial charge in [0.1, 0.15) is 0 Å². The van der Waals surface area contributed by atoms with E-state index in [1.165, 1.54) is 10.4 Å². The van der Waals surface area contributed by atoms with Crippen LogP contribution in [-0.4, -0.2) is 33.2 Å². The standard InChI is InChI=1S/C28H39BO3Si/c1-23(19-21-29-31-27(5,6)28(7,8)32-29)20-22-30-33(26(2,3)4,24-15-11-9-12-16-24)25-17-13-10-14-18-25/h9-21H,22H2,1-8H3/b21-19-,23-20+. The van der Waals surface area contributed by atoms with Gasteiger partial charge in [-0.15, -0.1) is 0 Å². The summed E-state index contributed by atoms with van der Waals surface area (Å²) >= 11 is 0. The first kappa shape index (κ1) is 25.7. The molecule has 2 aromatic rings. The highest BCUT2D eigenvalue weighted by Crippen LogP contribution is 2.38. The third kappa shape index (κ3) is 5.43. The van der Waals surface area contributed by atoms with Gasteiger partial charge in [0.2, 0.25) is 0 Å². The summed E-state index contributed by atoms with van der Waals surface area (Å²) in [5.74, 6) is 1.99. The van der Waals surface area contributed by atoms with Crippen molar-refractivity contribution >= 4 is 25.8 Å². The van der Waals surface area contributed by atoms with Crippen LogP contribution in [0.4, 0.5) is 0 Å². The van der Waals surface area contributed by atoms with E-state index in [-0.39, 0.29) is 23.4 Å². The summed E-state index contributed by atoms with van der Waals surface area (Å²) < 4.78 is 19.1. The fourth-order valence-electron chi connectivity index (χ4n) is 4.33. The van der Waals surface area contributed by atoms with E-state index >= 15 is 0 Å². The van der Waals surface area contributed by atoms with Gasteiger partial charge in [-0.3, -0.25) is 0 Å². The highest BCUT2D eigenvalue weighted by atomic mass is 28.4. The summed E-state index contributed by atoms with van der Waals surface area (Å²) in [6, 6.07) is 21.5. The van der Waals surface area contributed by atoms with Crippen molar-refractivity contribution in [1.29, 1.82) is 0 Å². The monoisotopic (exact) mass is 462 g/mol. The van der Waals surface area contributed by atoms with E-state index in [0.29, 0.717) is 6.61 Å². The third-order valence-corrected chi connectivity index (χ3v) is 11.9. The lowest BCUT2D eigenvalue weighted by Crippen LogP contribution is -2.66. The number of hydrogen-bond donors (Lipinski definition) is 0. The summed E-state index contributed by atoms with van der Waals surface area (Å²) in [6.45, 7) is 17.8. The second-order valence-corrected chi connectivity index (χ2v) is 15.2. The Hall–Kier alpha value is -1.92. The molecule has 1 fully saturated rings. The van der Waals surface area contributed by atoms with Crippen molar-refractivity contribution < 1.29 is 13.7 Å². The highest BCUT2D eigenvalue weighted by molar-refractivity contribution is 6.99. The average molecular weight is 463 g/mol. The smallest absolute Gasteiger partial charge is 0.404 e. The Kier molecular flexibility index (Phi) is 7.59. The van der Waals surface area contributed by atoms with Crippen molar-refractivity contribution in [3.63, 3.8) is 0 Å². The molecule has 1 aliphatic rings. The van der Waals surface area contributed by atoms with Gasteiger partial charge in [-0.1, -0.05) is 105 Å². The molecule has 176 valence electrons. The molecule has 0 aromatic heterocycles. The molecule has 1 heterocycles. The van der Waals surface area contributed by atoms with Gasteiger partial charge >= 0.3 is 7.12 Å². The lowest BCUT2D eigenvalue weighted by Gasteiger charge is -2.42. The second kappa shape index (κ2) is 9.75. The van der Waals surface area contributed by atoms with Crippen LogP contribution in [-0.2, 0) is 13.7 Å². The predicted molar refractivity (Wildman–Crippen MR) is 143 cm³/mol. The summed E-state index contributed by atoms with van der Waals surface area (Å²) in [5, 5.41) is 2.56. The predicted octanol–water partition coefficient (Wildman–Crippen LogP) is 5.70. The normalized spacial score (nSPS) is 18.8. The molecule has 33 heavy (non-hydrogen) atoms. The minimum Gasteiger partial charge on any atom is -0.404 e. The van der Waals surface area contributed by atoms with E-state index in [2.05, 4.69) is 128 Å². The van der Waals surface area contributed by atoms with Gasteiger partial charge in [0.05, 0.1) is 17.8 Å². The summed E-state index contributed by atoms with van der Waals surface area (Å²) in [6.07, 6.45) is 4.22. The summed E-state index contributed by atoms with van der Waals surface area (Å²) in [7, 11) is -2.86. The van der Waals surface area contributed by atoms with E-state index in [4.69, 9.17) is 13.7 Å². The molecule has 0 unspecified atom stereocenters. The minimum atomic E-state index is -2.52. The molecule has 0 N–H and O–H groups in total. The van der Waals surface area contributed by atoms with Crippen molar-refractivity contribution in [2.45, 2.75) is 71.6 Å². The fraction of sp³-hybridized carbons (Fsp3) is 0.429. The Balaban J connectivity index is 1.83. The number of allylic oxidation sites excluding steroid dienone is 2. The van der Waals surface area contributed by atoms with Gasteiger partial charge in [0.15, 0.2) is 0 Å². The zero-order valence-electron chi connectivity index (χ0n) is 21.5. The van der Waals surface area contributed by atoms with Gasteiger partial charge in [-0.25, -0.2) is 0 Å². The molecule has 5 heteroatoms. The molecule has 0 bridgehead atoms. The first-order chi connectivity index (χ1) is 15.4. The largest absolute Gasteiger partial charge is 0.487 e. The van der Waals surface area contributed by atoms with Crippen molar-refractivity contribution in [3.8, 4) is 0 Å². The van der Waals surface area contributed by atoms with Crippen molar-refractivity contribution in [3.05, 3.63) is 84.4 Å². The molecule has 0 saturated carbocycles. The molecule has 0 aliphatic carbocycles. The number of benzene rings is 2. The van der Waals surface area contributed by atoms with Crippen LogP contribution in [0, 0.1) is 0 Å². The molecule has 1 saturated heterocycles. The van der Waals surface area contributed by atoms with Gasteiger partial charge in [0, 0.05) is 0 Å². The fourth-order valence-corrected chi connectivity index (χ4v) is 8.81. The molecule has 3 rings (SSSR count). The van der Waals surface area contributed by atoms with Crippen LogP contribution in [0.1, 0.15) is 55.4 Å². The van der Waals surface area contributed by atoms with E-state index in [1.807, 2.05) is 5.98 Å². The van der Waals surface area contributed by atoms with Crippen LogP contribution in [0.3, 0.4) is 0 Å². The highest BCUT2D eigenvalue weighted by Gasteiger charge is 2.51. The van der Waals surface area contributed by atoms with Crippen LogP contribution in [0.2, 0.25) is 5.04 Å². The zero-order valence-corrected chi connectivity index (χ0v) is 22.5.